The molecule has 41 heavy (non-hydrogen) atoms. The van der Waals surface area contributed by atoms with E-state index in [2.05, 4.69) is 28.1 Å². The number of nitrogens with zero attached hydrogens (tertiary/aromatic N) is 5. The van der Waals surface area contributed by atoms with Gasteiger partial charge in [-0.05, 0) is 23.2 Å². The maximum absolute atomic E-state index is 13.1. The van der Waals surface area contributed by atoms with Gasteiger partial charge in [0.05, 0.1) is 4.91 Å². The Morgan fingerprint density at radius 3 is 2.71 bits per heavy atom. The van der Waals surface area contributed by atoms with Crippen LogP contribution in [0.2, 0.25) is 0 Å². The molecular weight excluding hydrogens is 604 g/mol. The largest absolute Gasteiger partial charge is 0.477 e. The number of anilines is 1. The summed E-state index contributed by atoms with van der Waals surface area (Å²) in [5.74, 6) is -8.11. The van der Waals surface area contributed by atoms with Crippen LogP contribution in [0.4, 0.5) is 5.13 Å². The van der Waals surface area contributed by atoms with E-state index in [0.29, 0.717) is 11.3 Å². The van der Waals surface area contributed by atoms with Gasteiger partial charge < -0.3 is 26.1 Å². The number of hydrogen-bond acceptors (Lipinski definition) is 15. The summed E-state index contributed by atoms with van der Waals surface area (Å²) in [4.78, 5) is 72.5. The Morgan fingerprint density at radius 1 is 1.41 bits per heavy atom. The van der Waals surface area contributed by atoms with Gasteiger partial charge in [0.1, 0.15) is 29.9 Å². The van der Waals surface area contributed by atoms with Gasteiger partial charge in [0.2, 0.25) is 0 Å². The standard InChI is InChI=1S/C21H24N8O9S3/c1-3-4-27-17(33)15(31)25-29(37)21(27,36)10(39)5-8-6-40-18-12(16(32)28(18)13(8)19(34)35)24-14(30)11(26-38-2)9-7-41-20(22)23-9/h5,7,12,18,36-37,39H,3-4,6H2,1-2H3,(H2,22,23)(H,24,30)(H,25,31)(H,34,35). The Balaban J connectivity index is 1.62. The lowest BCUT2D eigenvalue weighted by atomic mass is 10.0. The van der Waals surface area contributed by atoms with Gasteiger partial charge in [-0.25, -0.2) is 9.78 Å². The van der Waals surface area contributed by atoms with Gasteiger partial charge in [0.15, 0.2) is 10.8 Å². The molecule has 220 valence electrons. The molecule has 2 saturated heterocycles. The van der Waals surface area contributed by atoms with Crippen molar-refractivity contribution in [2.45, 2.75) is 30.6 Å². The fourth-order valence-corrected chi connectivity index (χ4v) is 6.47. The minimum Gasteiger partial charge on any atom is -0.477 e. The Labute approximate surface area is 245 Å². The number of nitrogen functional groups attached to an aromatic ring is 1. The van der Waals surface area contributed by atoms with Crippen LogP contribution in [-0.2, 0) is 28.8 Å². The van der Waals surface area contributed by atoms with E-state index in [0.717, 1.165) is 34.1 Å². The van der Waals surface area contributed by atoms with Gasteiger partial charge in [0.25, 0.3) is 17.7 Å². The molecule has 0 spiro atoms. The van der Waals surface area contributed by atoms with Crippen molar-refractivity contribution >= 4 is 76.2 Å². The van der Waals surface area contributed by atoms with E-state index in [-0.39, 0.29) is 39.6 Å². The number of β-lactam (4-membered cyclic amide) rings is 1. The predicted molar refractivity (Wildman–Crippen MR) is 146 cm³/mol. The van der Waals surface area contributed by atoms with Crippen LogP contribution < -0.4 is 16.5 Å². The smallest absolute Gasteiger partial charge is 0.352 e. The average Bonchev–Trinajstić information content (AvgIpc) is 3.36. The normalized spacial score (nSPS) is 25.5. The minimum absolute atomic E-state index is 0.00378. The molecule has 1 aromatic rings. The van der Waals surface area contributed by atoms with Crippen LogP contribution in [0.1, 0.15) is 19.0 Å². The van der Waals surface area contributed by atoms with Gasteiger partial charge >= 0.3 is 17.8 Å². The molecule has 4 heterocycles. The number of thioether (sulfide) groups is 1. The highest BCUT2D eigenvalue weighted by Gasteiger charge is 2.56. The molecule has 4 amide bonds. The van der Waals surface area contributed by atoms with Gasteiger partial charge in [-0.2, -0.15) is 0 Å². The number of aliphatic carboxylic acids is 1. The number of allylic oxidation sites excluding steroid dienone is 1. The number of carbonyl (C=O) groups is 5. The second-order valence-electron chi connectivity index (χ2n) is 8.61. The molecule has 0 aliphatic carbocycles. The van der Waals surface area contributed by atoms with Gasteiger partial charge in [0, 0.05) is 17.7 Å². The highest BCUT2D eigenvalue weighted by Crippen LogP contribution is 2.42. The first-order chi connectivity index (χ1) is 19.4. The first-order valence-electron chi connectivity index (χ1n) is 11.7. The van der Waals surface area contributed by atoms with Crippen LogP contribution in [0.25, 0.3) is 0 Å². The van der Waals surface area contributed by atoms with Crippen molar-refractivity contribution in [2.75, 3.05) is 25.1 Å². The van der Waals surface area contributed by atoms with E-state index in [9.17, 15) is 39.4 Å². The number of aromatic nitrogens is 1. The number of hydroxylamine groups is 1. The van der Waals surface area contributed by atoms with Crippen LogP contribution in [0.15, 0.2) is 32.8 Å². The Bertz CT molecular complexity index is 1410. The third-order valence-electron chi connectivity index (χ3n) is 6.07. The molecule has 0 radical (unpaired) electrons. The van der Waals surface area contributed by atoms with Crippen molar-refractivity contribution < 1.29 is 44.2 Å². The molecule has 3 unspecified atom stereocenters. The number of aliphatic hydroxyl groups is 1. The Kier molecular flexibility index (Phi) is 8.61. The Hall–Kier alpha value is -3.69. The molecular formula is C21H24N8O9S3. The van der Waals surface area contributed by atoms with Crippen LogP contribution in [0.5, 0.6) is 0 Å². The SMILES string of the molecule is CCCN1C(=O)C(=O)NN(O)C1(O)C(S)=CC1=C(C(=O)O)N2C(=O)C(NC(=O)C(=NOC)c3csc(N)n3)C2SC1. The molecule has 1 aromatic heterocycles. The van der Waals surface area contributed by atoms with E-state index in [1.54, 1.807) is 12.3 Å². The van der Waals surface area contributed by atoms with Crippen molar-refractivity contribution in [1.82, 2.24) is 30.7 Å². The number of thiol groups is 1. The lowest BCUT2D eigenvalue weighted by Crippen LogP contribution is -2.73. The quantitative estimate of drug-likeness (QED) is 0.0528. The number of hydrogen-bond donors (Lipinski definition) is 7. The second-order valence-corrected chi connectivity index (χ2v) is 11.1. The molecule has 20 heteroatoms. The molecule has 0 saturated carbocycles. The summed E-state index contributed by atoms with van der Waals surface area (Å²) in [5.41, 5.74) is 6.85. The van der Waals surface area contributed by atoms with Gasteiger partial charge in [-0.15, -0.1) is 35.7 Å². The average molecular weight is 629 g/mol. The molecule has 3 aliphatic heterocycles. The number of carbonyl (C=O) groups excluding carboxylic acids is 4. The third-order valence-corrected chi connectivity index (χ3v) is 8.47. The monoisotopic (exact) mass is 628 g/mol. The van der Waals surface area contributed by atoms with Crippen molar-refractivity contribution in [3.8, 4) is 0 Å². The first kappa shape index (κ1) is 30.3. The number of thiazole rings is 1. The summed E-state index contributed by atoms with van der Waals surface area (Å²) in [6.45, 7) is 1.50. The summed E-state index contributed by atoms with van der Waals surface area (Å²) in [5, 5.41) is 38.5. The molecule has 0 bridgehead atoms. The minimum atomic E-state index is -2.67. The number of nitrogens with one attached hydrogen (secondary N) is 2. The summed E-state index contributed by atoms with van der Waals surface area (Å²) >= 11 is 6.39. The summed E-state index contributed by atoms with van der Waals surface area (Å²) in [6, 6.07) is -1.12. The maximum atomic E-state index is 13.1. The zero-order valence-corrected chi connectivity index (χ0v) is 23.8. The van der Waals surface area contributed by atoms with E-state index in [1.165, 1.54) is 12.5 Å². The van der Waals surface area contributed by atoms with Crippen molar-refractivity contribution in [2.24, 2.45) is 5.16 Å². The second kappa shape index (κ2) is 11.7. The number of amides is 4. The number of rotatable bonds is 9. The number of carboxylic acids is 1. The Morgan fingerprint density at radius 2 is 2.12 bits per heavy atom. The summed E-state index contributed by atoms with van der Waals surface area (Å²) in [7, 11) is 1.22. The number of hydrazine groups is 1. The zero-order valence-electron chi connectivity index (χ0n) is 21.3. The highest BCUT2D eigenvalue weighted by atomic mass is 32.2. The van der Waals surface area contributed by atoms with Crippen molar-refractivity contribution in [3.05, 3.63) is 33.3 Å². The first-order valence-corrected chi connectivity index (χ1v) is 14.0. The molecule has 3 atom stereocenters. The fourth-order valence-electron chi connectivity index (χ4n) is 4.25. The van der Waals surface area contributed by atoms with Crippen molar-refractivity contribution in [3.63, 3.8) is 0 Å². The van der Waals surface area contributed by atoms with Crippen LogP contribution in [-0.4, -0.2) is 107 Å². The van der Waals surface area contributed by atoms with E-state index in [4.69, 9.17) is 10.6 Å². The van der Waals surface area contributed by atoms with Gasteiger partial charge in [-0.1, -0.05) is 12.1 Å². The molecule has 3 aliphatic rings. The topological polar surface area (TPSA) is 240 Å². The number of carboxylic acid groups (broad SMARTS) is 1. The van der Waals surface area contributed by atoms with Crippen molar-refractivity contribution in [1.29, 1.82) is 0 Å². The molecule has 17 nitrogen and oxygen atoms in total. The highest BCUT2D eigenvalue weighted by molar-refractivity contribution is 8.00. The van der Waals surface area contributed by atoms with Crippen LogP contribution in [0.3, 0.4) is 0 Å². The zero-order chi connectivity index (χ0) is 30.2. The van der Waals surface area contributed by atoms with Gasteiger partial charge in [-0.3, -0.25) is 39.6 Å². The lowest BCUT2D eigenvalue weighted by molar-refractivity contribution is -0.324. The molecule has 0 aromatic carbocycles. The van der Waals surface area contributed by atoms with Crippen LogP contribution in [0, 0.1) is 0 Å². The molecule has 7 N–H and O–H groups in total. The predicted octanol–water partition coefficient (Wildman–Crippen LogP) is -1.75. The van der Waals surface area contributed by atoms with Crippen LogP contribution >= 0.6 is 35.7 Å². The summed E-state index contributed by atoms with van der Waals surface area (Å²) < 4.78 is 0. The maximum Gasteiger partial charge on any atom is 0.352 e. The third kappa shape index (κ3) is 5.24. The molecule has 2 fully saturated rings. The summed E-state index contributed by atoms with van der Waals surface area (Å²) in [6.07, 6.45) is 1.38. The number of oxime groups is 1. The fraction of sp³-hybridized carbons (Fsp3) is 0.381. The number of nitrogens with two attached hydrogens (primary N) is 1. The lowest BCUT2D eigenvalue weighted by Gasteiger charge is -2.49. The van der Waals surface area contributed by atoms with E-state index >= 15 is 0 Å². The number of fused-ring (bicyclic) bond motifs is 1. The van der Waals surface area contributed by atoms with E-state index in [1.807, 2.05) is 0 Å². The van der Waals surface area contributed by atoms with E-state index < -0.39 is 57.5 Å². The molecule has 4 rings (SSSR count).